The van der Waals surface area contributed by atoms with Crippen LogP contribution in [0.4, 0.5) is 5.82 Å². The second-order valence-corrected chi connectivity index (χ2v) is 7.12. The molecule has 0 unspecified atom stereocenters. The fourth-order valence-electron chi connectivity index (χ4n) is 2.23. The highest BCUT2D eigenvalue weighted by Gasteiger charge is 2.17. The molecule has 2 heterocycles. The van der Waals surface area contributed by atoms with Crippen LogP contribution in [0.3, 0.4) is 0 Å². The van der Waals surface area contributed by atoms with E-state index in [0.717, 1.165) is 19.4 Å². The number of nitrogens with zero attached hydrogens (tertiary/aromatic N) is 4. The molecule has 0 aliphatic rings. The minimum Gasteiger partial charge on any atom is -0.497 e. The molecule has 3 aromatic rings. The average Bonchev–Trinajstić information content (AvgIpc) is 2.94. The SMILES string of the molecule is COc1ccc(I)c(Sc2nc3c(N)ncnc3n2CCCO)c1. The Morgan fingerprint density at radius 1 is 1.38 bits per heavy atom. The van der Waals surface area contributed by atoms with Crippen molar-refractivity contribution in [3.05, 3.63) is 28.1 Å². The number of aliphatic hydroxyl groups is 1. The van der Waals surface area contributed by atoms with Gasteiger partial charge < -0.3 is 20.1 Å². The summed E-state index contributed by atoms with van der Waals surface area (Å²) in [6.45, 7) is 0.702. The zero-order chi connectivity index (χ0) is 17.1. The number of methoxy groups -OCH3 is 1. The predicted molar refractivity (Wildman–Crippen MR) is 101 cm³/mol. The van der Waals surface area contributed by atoms with E-state index in [4.69, 9.17) is 15.6 Å². The number of rotatable bonds is 6. The predicted octanol–water partition coefficient (Wildman–Crippen LogP) is 2.56. The van der Waals surface area contributed by atoms with Crippen molar-refractivity contribution in [1.82, 2.24) is 19.5 Å². The van der Waals surface area contributed by atoms with Crippen LogP contribution in [0.2, 0.25) is 0 Å². The van der Waals surface area contributed by atoms with Crippen molar-refractivity contribution < 1.29 is 9.84 Å². The fraction of sp³-hybridized carbons (Fsp3) is 0.267. The summed E-state index contributed by atoms with van der Waals surface area (Å²) in [6, 6.07) is 5.89. The van der Waals surface area contributed by atoms with E-state index in [-0.39, 0.29) is 6.61 Å². The van der Waals surface area contributed by atoms with Crippen LogP contribution in [0.1, 0.15) is 6.42 Å². The molecule has 0 saturated carbocycles. The number of nitrogen functional groups attached to an aromatic ring is 1. The van der Waals surface area contributed by atoms with Gasteiger partial charge in [-0.1, -0.05) is 11.8 Å². The highest BCUT2D eigenvalue weighted by atomic mass is 127. The molecule has 0 fully saturated rings. The Morgan fingerprint density at radius 2 is 2.21 bits per heavy atom. The quantitative estimate of drug-likeness (QED) is 0.549. The number of hydrogen-bond donors (Lipinski definition) is 2. The van der Waals surface area contributed by atoms with Gasteiger partial charge in [0.1, 0.15) is 12.1 Å². The lowest BCUT2D eigenvalue weighted by atomic mass is 10.3. The topological polar surface area (TPSA) is 99.1 Å². The number of ether oxygens (including phenoxy) is 1. The number of fused-ring (bicyclic) bond motifs is 1. The molecule has 0 saturated heterocycles. The Morgan fingerprint density at radius 3 is 2.96 bits per heavy atom. The number of aliphatic hydroxyl groups excluding tert-OH is 1. The molecule has 126 valence electrons. The number of aryl methyl sites for hydroxylation is 1. The van der Waals surface area contributed by atoms with Gasteiger partial charge >= 0.3 is 0 Å². The van der Waals surface area contributed by atoms with Crippen LogP contribution in [0, 0.1) is 3.57 Å². The Labute approximate surface area is 156 Å². The van der Waals surface area contributed by atoms with E-state index in [0.29, 0.717) is 29.9 Å². The monoisotopic (exact) mass is 457 g/mol. The van der Waals surface area contributed by atoms with E-state index < -0.39 is 0 Å². The van der Waals surface area contributed by atoms with Gasteiger partial charge in [-0.25, -0.2) is 15.0 Å². The summed E-state index contributed by atoms with van der Waals surface area (Å²) in [5, 5.41) is 9.93. The van der Waals surface area contributed by atoms with Crippen LogP contribution in [0.5, 0.6) is 5.75 Å². The number of halogens is 1. The molecule has 2 aromatic heterocycles. The standard InChI is InChI=1S/C15H16IN5O2S/c1-23-9-3-4-10(16)11(7-9)24-15-20-12-13(17)18-8-19-14(12)21(15)5-2-6-22/h3-4,7-8,22H,2,5-6H2,1H3,(H2,17,18,19). The van der Waals surface area contributed by atoms with E-state index in [1.54, 1.807) is 7.11 Å². The zero-order valence-electron chi connectivity index (χ0n) is 12.9. The van der Waals surface area contributed by atoms with E-state index >= 15 is 0 Å². The molecule has 0 radical (unpaired) electrons. The summed E-state index contributed by atoms with van der Waals surface area (Å²) in [7, 11) is 1.64. The Balaban J connectivity index is 2.06. The second kappa shape index (κ2) is 7.53. The lowest BCUT2D eigenvalue weighted by molar-refractivity contribution is 0.278. The van der Waals surface area contributed by atoms with E-state index in [1.807, 2.05) is 22.8 Å². The number of benzene rings is 1. The van der Waals surface area contributed by atoms with Crippen molar-refractivity contribution in [2.75, 3.05) is 19.5 Å². The molecule has 0 bridgehead atoms. The first kappa shape index (κ1) is 17.2. The van der Waals surface area contributed by atoms with Gasteiger partial charge in [0, 0.05) is 21.6 Å². The molecule has 24 heavy (non-hydrogen) atoms. The molecule has 0 spiro atoms. The van der Waals surface area contributed by atoms with Crippen LogP contribution < -0.4 is 10.5 Å². The van der Waals surface area contributed by atoms with E-state index in [9.17, 15) is 0 Å². The largest absolute Gasteiger partial charge is 0.497 e. The third-order valence-electron chi connectivity index (χ3n) is 3.40. The number of hydrogen-bond acceptors (Lipinski definition) is 7. The molecule has 0 atom stereocenters. The van der Waals surface area contributed by atoms with Gasteiger partial charge in [0.05, 0.1) is 7.11 Å². The van der Waals surface area contributed by atoms with Gasteiger partial charge in [-0.05, 0) is 47.2 Å². The second-order valence-electron chi connectivity index (χ2n) is 4.95. The van der Waals surface area contributed by atoms with Crippen molar-refractivity contribution in [3.63, 3.8) is 0 Å². The van der Waals surface area contributed by atoms with Crippen molar-refractivity contribution in [3.8, 4) is 5.75 Å². The molecular formula is C15H16IN5O2S. The molecule has 3 N–H and O–H groups in total. The highest BCUT2D eigenvalue weighted by molar-refractivity contribution is 14.1. The minimum atomic E-state index is 0.0983. The smallest absolute Gasteiger partial charge is 0.175 e. The summed E-state index contributed by atoms with van der Waals surface area (Å²) in [5.74, 6) is 1.14. The van der Waals surface area contributed by atoms with Gasteiger partial charge in [0.15, 0.2) is 22.1 Å². The van der Waals surface area contributed by atoms with Crippen molar-refractivity contribution >= 4 is 51.3 Å². The fourth-order valence-corrected chi connectivity index (χ4v) is 3.86. The van der Waals surface area contributed by atoms with Gasteiger partial charge in [-0.2, -0.15) is 0 Å². The number of aromatic nitrogens is 4. The van der Waals surface area contributed by atoms with Crippen LogP contribution in [-0.2, 0) is 6.54 Å². The molecular weight excluding hydrogens is 441 g/mol. The first-order valence-corrected chi connectivity index (χ1v) is 9.12. The summed E-state index contributed by atoms with van der Waals surface area (Å²) in [5.41, 5.74) is 7.19. The Kier molecular flexibility index (Phi) is 5.41. The first-order chi connectivity index (χ1) is 11.6. The van der Waals surface area contributed by atoms with Crippen LogP contribution >= 0.6 is 34.4 Å². The van der Waals surface area contributed by atoms with Crippen molar-refractivity contribution in [1.29, 1.82) is 0 Å². The van der Waals surface area contributed by atoms with E-state index in [2.05, 4.69) is 37.5 Å². The zero-order valence-corrected chi connectivity index (χ0v) is 15.9. The maximum absolute atomic E-state index is 9.17. The van der Waals surface area contributed by atoms with E-state index in [1.165, 1.54) is 18.1 Å². The van der Waals surface area contributed by atoms with Gasteiger partial charge in [-0.15, -0.1) is 0 Å². The third-order valence-corrected chi connectivity index (χ3v) is 5.76. The van der Waals surface area contributed by atoms with Gasteiger partial charge in [0.2, 0.25) is 0 Å². The third kappa shape index (κ3) is 3.42. The van der Waals surface area contributed by atoms with Gasteiger partial charge in [0.25, 0.3) is 0 Å². The molecule has 0 aliphatic carbocycles. The van der Waals surface area contributed by atoms with Crippen LogP contribution in [0.15, 0.2) is 34.6 Å². The maximum Gasteiger partial charge on any atom is 0.175 e. The molecule has 1 aromatic carbocycles. The van der Waals surface area contributed by atoms with Crippen molar-refractivity contribution in [2.45, 2.75) is 23.0 Å². The van der Waals surface area contributed by atoms with Gasteiger partial charge in [-0.3, -0.25) is 0 Å². The average molecular weight is 457 g/mol. The van der Waals surface area contributed by atoms with Crippen LogP contribution in [0.25, 0.3) is 11.2 Å². The number of imidazole rings is 1. The molecule has 9 heteroatoms. The summed E-state index contributed by atoms with van der Waals surface area (Å²) in [4.78, 5) is 13.9. The highest BCUT2D eigenvalue weighted by Crippen LogP contribution is 2.35. The van der Waals surface area contributed by atoms with Crippen LogP contribution in [-0.4, -0.2) is 38.3 Å². The lowest BCUT2D eigenvalue weighted by Crippen LogP contribution is -2.03. The van der Waals surface area contributed by atoms with Crippen molar-refractivity contribution in [2.24, 2.45) is 0 Å². The summed E-state index contributed by atoms with van der Waals surface area (Å²) in [6.07, 6.45) is 2.04. The molecule has 7 nitrogen and oxygen atoms in total. The summed E-state index contributed by atoms with van der Waals surface area (Å²) >= 11 is 3.79. The minimum absolute atomic E-state index is 0.0983. The number of nitrogens with two attached hydrogens (primary N) is 1. The number of anilines is 1. The summed E-state index contributed by atoms with van der Waals surface area (Å²) < 4.78 is 8.36. The Bertz CT molecular complexity index is 870. The molecule has 0 aliphatic heterocycles. The molecule has 3 rings (SSSR count). The maximum atomic E-state index is 9.17. The Hall–Kier alpha value is -1.59. The molecule has 0 amide bonds. The first-order valence-electron chi connectivity index (χ1n) is 7.23. The lowest BCUT2D eigenvalue weighted by Gasteiger charge is -2.09. The normalized spacial score (nSPS) is 11.1.